The van der Waals surface area contributed by atoms with Gasteiger partial charge in [-0.15, -0.1) is 0 Å². The largest absolute Gasteiger partial charge is 0.444 e. The number of ether oxygens (including phenoxy) is 3. The average Bonchev–Trinajstić information content (AvgIpc) is 2.53. The van der Waals surface area contributed by atoms with Crippen molar-refractivity contribution in [1.82, 2.24) is 4.90 Å². The highest BCUT2D eigenvalue weighted by atomic mass is 16.6. The van der Waals surface area contributed by atoms with Crippen molar-refractivity contribution in [2.45, 2.75) is 32.4 Å². The lowest BCUT2D eigenvalue weighted by Crippen LogP contribution is -2.51. The van der Waals surface area contributed by atoms with E-state index in [1.54, 1.807) is 14.2 Å². The van der Waals surface area contributed by atoms with Gasteiger partial charge in [-0.3, -0.25) is 4.90 Å². The van der Waals surface area contributed by atoms with Gasteiger partial charge in [0.1, 0.15) is 12.8 Å². The topological polar surface area (TPSA) is 48.0 Å². The maximum atomic E-state index is 12.4. The molecule has 0 unspecified atom stereocenters. The minimum absolute atomic E-state index is 0.228. The fraction of sp³-hybridized carbons (Fsp3) is 0.438. The lowest BCUT2D eigenvalue weighted by Gasteiger charge is -2.38. The zero-order valence-corrected chi connectivity index (χ0v) is 12.6. The zero-order chi connectivity index (χ0) is 15.2. The van der Waals surface area contributed by atoms with Gasteiger partial charge in [0.25, 0.3) is 0 Å². The summed E-state index contributed by atoms with van der Waals surface area (Å²) >= 11 is 0. The minimum atomic E-state index is -0.452. The summed E-state index contributed by atoms with van der Waals surface area (Å²) in [7, 11) is 3.14. The number of hydrogen-bond donors (Lipinski definition) is 0. The van der Waals surface area contributed by atoms with E-state index in [-0.39, 0.29) is 12.8 Å². The van der Waals surface area contributed by atoms with Crippen LogP contribution in [0.4, 0.5) is 4.79 Å². The van der Waals surface area contributed by atoms with Gasteiger partial charge in [-0.25, -0.2) is 4.79 Å². The third-order valence-corrected chi connectivity index (χ3v) is 3.51. The molecule has 0 saturated heterocycles. The summed E-state index contributed by atoms with van der Waals surface area (Å²) in [5.74, 6) is 0. The van der Waals surface area contributed by atoms with E-state index in [4.69, 9.17) is 14.2 Å². The van der Waals surface area contributed by atoms with Crippen LogP contribution >= 0.6 is 0 Å². The third-order valence-electron chi connectivity index (χ3n) is 3.51. The van der Waals surface area contributed by atoms with E-state index in [1.165, 1.54) is 4.90 Å². The molecular weight excluding hydrogens is 270 g/mol. The van der Waals surface area contributed by atoms with Gasteiger partial charge >= 0.3 is 6.09 Å². The number of carbonyl (C=O) groups excluding carboxylic acids is 1. The molecule has 2 rings (SSSR count). The van der Waals surface area contributed by atoms with Crippen LogP contribution in [0, 0.1) is 0 Å². The molecule has 0 aliphatic carbocycles. The van der Waals surface area contributed by atoms with Crippen molar-refractivity contribution < 1.29 is 19.0 Å². The van der Waals surface area contributed by atoms with Crippen LogP contribution in [-0.4, -0.2) is 37.7 Å². The van der Waals surface area contributed by atoms with Crippen LogP contribution in [0.5, 0.6) is 0 Å². The Bertz CT molecular complexity index is 500. The fourth-order valence-electron chi connectivity index (χ4n) is 2.39. The zero-order valence-electron chi connectivity index (χ0n) is 12.6. The summed E-state index contributed by atoms with van der Waals surface area (Å²) in [5.41, 5.74) is 1.92. The highest BCUT2D eigenvalue weighted by Crippen LogP contribution is 2.25. The molecule has 1 aromatic carbocycles. The second kappa shape index (κ2) is 7.24. The van der Waals surface area contributed by atoms with Gasteiger partial charge < -0.3 is 14.2 Å². The molecule has 0 radical (unpaired) electrons. The first-order chi connectivity index (χ1) is 10.2. The summed E-state index contributed by atoms with van der Waals surface area (Å²) in [4.78, 5) is 13.9. The first-order valence-electron chi connectivity index (χ1n) is 6.88. The summed E-state index contributed by atoms with van der Waals surface area (Å²) in [6, 6.07) is 9.57. The number of hydrogen-bond acceptors (Lipinski definition) is 4. The molecule has 0 spiro atoms. The van der Waals surface area contributed by atoms with E-state index in [2.05, 4.69) is 0 Å². The molecule has 0 saturated carbocycles. The lowest BCUT2D eigenvalue weighted by molar-refractivity contribution is -0.110. The van der Waals surface area contributed by atoms with Crippen molar-refractivity contribution in [2.75, 3.05) is 14.2 Å². The Kier molecular flexibility index (Phi) is 5.36. The van der Waals surface area contributed by atoms with Gasteiger partial charge in [0.2, 0.25) is 0 Å². The predicted octanol–water partition coefficient (Wildman–Crippen LogP) is 2.92. The maximum absolute atomic E-state index is 12.4. The molecule has 0 aromatic heterocycles. The number of benzene rings is 1. The Balaban J connectivity index is 2.06. The summed E-state index contributed by atoms with van der Waals surface area (Å²) in [6.07, 6.45) is 1.38. The quantitative estimate of drug-likeness (QED) is 0.800. The number of rotatable bonds is 4. The first kappa shape index (κ1) is 15.5. The van der Waals surface area contributed by atoms with E-state index in [9.17, 15) is 4.79 Å². The van der Waals surface area contributed by atoms with Crippen molar-refractivity contribution in [1.29, 1.82) is 0 Å². The number of nitrogens with zero attached hydrogens (tertiary/aromatic N) is 1. The number of carbonyl (C=O) groups is 1. The van der Waals surface area contributed by atoms with Gasteiger partial charge in [-0.2, -0.15) is 0 Å². The standard InChI is InChI=1S/C16H21NO4/c1-12-9-10-14(19-2)17(15(12)20-3)16(18)21-11-13-7-5-4-6-8-13/h4-9,14-15H,10-11H2,1-3H3/t14-,15+/m1/s1. The molecule has 0 bridgehead atoms. The second-order valence-corrected chi connectivity index (χ2v) is 4.91. The number of amides is 1. The Morgan fingerprint density at radius 1 is 1.24 bits per heavy atom. The van der Waals surface area contributed by atoms with Crippen molar-refractivity contribution in [2.24, 2.45) is 0 Å². The molecule has 2 atom stereocenters. The molecule has 1 heterocycles. The van der Waals surface area contributed by atoms with E-state index in [1.807, 2.05) is 43.3 Å². The highest BCUT2D eigenvalue weighted by Gasteiger charge is 2.35. The van der Waals surface area contributed by atoms with Gasteiger partial charge in [-0.05, 0) is 18.1 Å². The van der Waals surface area contributed by atoms with Crippen LogP contribution in [0.3, 0.4) is 0 Å². The molecule has 0 N–H and O–H groups in total. The van der Waals surface area contributed by atoms with Crippen molar-refractivity contribution in [3.05, 3.63) is 47.5 Å². The molecule has 5 nitrogen and oxygen atoms in total. The third kappa shape index (κ3) is 3.62. The molecule has 0 fully saturated rings. The minimum Gasteiger partial charge on any atom is -0.444 e. The molecule has 1 amide bonds. The SMILES string of the molecule is CO[C@@H]1CC=C(C)[C@H](OC)N1C(=O)OCc1ccccc1. The predicted molar refractivity (Wildman–Crippen MR) is 78.4 cm³/mol. The van der Waals surface area contributed by atoms with Crippen molar-refractivity contribution in [3.63, 3.8) is 0 Å². The normalized spacial score (nSPS) is 21.9. The average molecular weight is 291 g/mol. The van der Waals surface area contributed by atoms with E-state index in [0.29, 0.717) is 6.42 Å². The van der Waals surface area contributed by atoms with Crippen LogP contribution in [0.1, 0.15) is 18.9 Å². The molecule has 21 heavy (non-hydrogen) atoms. The van der Waals surface area contributed by atoms with Crippen LogP contribution in [0.2, 0.25) is 0 Å². The van der Waals surface area contributed by atoms with Crippen LogP contribution < -0.4 is 0 Å². The second-order valence-electron chi connectivity index (χ2n) is 4.91. The van der Waals surface area contributed by atoms with Gasteiger partial charge in [0, 0.05) is 20.6 Å². The van der Waals surface area contributed by atoms with Crippen molar-refractivity contribution >= 4 is 6.09 Å². The summed E-state index contributed by atoms with van der Waals surface area (Å²) < 4.78 is 16.1. The van der Waals surface area contributed by atoms with Crippen LogP contribution in [0.25, 0.3) is 0 Å². The summed E-state index contributed by atoms with van der Waals surface area (Å²) in [5, 5.41) is 0. The Labute approximate surface area is 125 Å². The Hall–Kier alpha value is -1.85. The smallest absolute Gasteiger partial charge is 0.414 e. The van der Waals surface area contributed by atoms with Crippen LogP contribution in [0.15, 0.2) is 42.0 Å². The van der Waals surface area contributed by atoms with E-state index >= 15 is 0 Å². The Morgan fingerprint density at radius 2 is 1.95 bits per heavy atom. The summed E-state index contributed by atoms with van der Waals surface area (Å²) in [6.45, 7) is 2.16. The highest BCUT2D eigenvalue weighted by molar-refractivity contribution is 5.69. The molecule has 1 aliphatic heterocycles. The monoisotopic (exact) mass is 291 g/mol. The molecule has 1 aromatic rings. The van der Waals surface area contributed by atoms with Gasteiger partial charge in [0.05, 0.1) is 0 Å². The molecular formula is C16H21NO4. The van der Waals surface area contributed by atoms with Gasteiger partial charge in [0.15, 0.2) is 6.23 Å². The van der Waals surface area contributed by atoms with E-state index in [0.717, 1.165) is 11.1 Å². The first-order valence-corrected chi connectivity index (χ1v) is 6.88. The fourth-order valence-corrected chi connectivity index (χ4v) is 2.39. The van der Waals surface area contributed by atoms with E-state index < -0.39 is 12.3 Å². The molecule has 1 aliphatic rings. The maximum Gasteiger partial charge on any atom is 0.414 e. The van der Waals surface area contributed by atoms with Gasteiger partial charge in [-0.1, -0.05) is 36.4 Å². The molecule has 114 valence electrons. The Morgan fingerprint density at radius 3 is 2.57 bits per heavy atom. The van der Waals surface area contributed by atoms with Crippen molar-refractivity contribution in [3.8, 4) is 0 Å². The number of methoxy groups -OCH3 is 2. The molecule has 5 heteroatoms. The lowest BCUT2D eigenvalue weighted by atomic mass is 10.1. The van der Waals surface area contributed by atoms with Crippen LogP contribution in [-0.2, 0) is 20.8 Å².